The molecular formula is C31H34N2O. The van der Waals surface area contributed by atoms with E-state index in [-0.39, 0.29) is 5.91 Å². The van der Waals surface area contributed by atoms with Gasteiger partial charge in [0, 0.05) is 35.8 Å². The molecule has 1 aromatic heterocycles. The van der Waals surface area contributed by atoms with E-state index in [4.69, 9.17) is 0 Å². The smallest absolute Gasteiger partial charge is 0.254 e. The first-order chi connectivity index (χ1) is 16.7. The summed E-state index contributed by atoms with van der Waals surface area (Å²) in [6, 6.07) is 26.8. The highest BCUT2D eigenvalue weighted by molar-refractivity contribution is 5.94. The lowest BCUT2D eigenvalue weighted by Gasteiger charge is -2.21. The van der Waals surface area contributed by atoms with Crippen LogP contribution in [-0.4, -0.2) is 28.9 Å². The first kappa shape index (κ1) is 23.6. The molecule has 0 atom stereocenters. The van der Waals surface area contributed by atoms with Crippen LogP contribution >= 0.6 is 0 Å². The van der Waals surface area contributed by atoms with Crippen molar-refractivity contribution in [3.05, 3.63) is 113 Å². The second-order valence-electron chi connectivity index (χ2n) is 8.83. The number of nitrogens with one attached hydrogen (secondary N) is 1. The van der Waals surface area contributed by atoms with Crippen molar-refractivity contribution in [3.8, 4) is 0 Å². The van der Waals surface area contributed by atoms with Crippen LogP contribution in [0.2, 0.25) is 0 Å². The fourth-order valence-corrected chi connectivity index (χ4v) is 4.33. The van der Waals surface area contributed by atoms with Crippen LogP contribution in [0.4, 0.5) is 0 Å². The minimum atomic E-state index is 0.0812. The summed E-state index contributed by atoms with van der Waals surface area (Å²) >= 11 is 0. The van der Waals surface area contributed by atoms with Crippen molar-refractivity contribution in [1.29, 1.82) is 0 Å². The van der Waals surface area contributed by atoms with Gasteiger partial charge in [0.25, 0.3) is 5.91 Å². The van der Waals surface area contributed by atoms with Crippen molar-refractivity contribution in [2.45, 2.75) is 39.0 Å². The quantitative estimate of drug-likeness (QED) is 0.239. The average Bonchev–Trinajstić information content (AvgIpc) is 3.30. The number of benzene rings is 3. The molecule has 0 saturated heterocycles. The summed E-state index contributed by atoms with van der Waals surface area (Å²) in [6.07, 6.45) is 11.8. The number of carbonyl (C=O) groups excluding carboxylic acids is 1. The molecular weight excluding hydrogens is 416 g/mol. The van der Waals surface area contributed by atoms with Crippen molar-refractivity contribution in [1.82, 2.24) is 9.88 Å². The zero-order valence-electron chi connectivity index (χ0n) is 20.0. The Morgan fingerprint density at radius 2 is 1.65 bits per heavy atom. The lowest BCUT2D eigenvalue weighted by molar-refractivity contribution is 0.0776. The van der Waals surface area contributed by atoms with Crippen LogP contribution in [0.15, 0.2) is 91.1 Å². The minimum absolute atomic E-state index is 0.0812. The maximum Gasteiger partial charge on any atom is 0.254 e. The Labute approximate surface area is 203 Å². The third-order valence-corrected chi connectivity index (χ3v) is 6.32. The topological polar surface area (TPSA) is 36.1 Å². The summed E-state index contributed by atoms with van der Waals surface area (Å²) < 4.78 is 0. The van der Waals surface area contributed by atoms with Gasteiger partial charge in [-0.25, -0.2) is 0 Å². The second kappa shape index (κ2) is 12.0. The van der Waals surface area contributed by atoms with Gasteiger partial charge in [-0.2, -0.15) is 0 Å². The predicted octanol–water partition coefficient (Wildman–Crippen LogP) is 7.30. The Kier molecular flexibility index (Phi) is 8.34. The summed E-state index contributed by atoms with van der Waals surface area (Å²) in [4.78, 5) is 18.8. The number of aromatic nitrogens is 1. The van der Waals surface area contributed by atoms with Crippen LogP contribution in [0, 0.1) is 0 Å². The average molecular weight is 451 g/mol. The fraction of sp³-hybridized carbons (Fsp3) is 0.258. The molecule has 0 aliphatic carbocycles. The molecule has 1 N–H and O–H groups in total. The molecule has 0 aliphatic heterocycles. The molecule has 0 radical (unpaired) electrons. The molecule has 34 heavy (non-hydrogen) atoms. The highest BCUT2D eigenvalue weighted by Gasteiger charge is 2.15. The molecule has 1 amide bonds. The number of aryl methyl sites for hydroxylation is 1. The standard InChI is InChI=1S/C31H34N2O/c1-2-3-5-11-26-17-19-27(20-18-26)31(34)33(22-10-14-25-12-6-4-7-13-25)23-21-28-24-32-30-16-9-8-15-29(28)30/h4,6-10,12-20,24,32H,2-3,5,11,21-23H2,1H3/b14-10+. The molecule has 3 nitrogen and oxygen atoms in total. The van der Waals surface area contributed by atoms with Crippen molar-refractivity contribution in [2.24, 2.45) is 0 Å². The van der Waals surface area contributed by atoms with Crippen molar-refractivity contribution in [2.75, 3.05) is 13.1 Å². The maximum absolute atomic E-state index is 13.5. The first-order valence-electron chi connectivity index (χ1n) is 12.4. The molecule has 3 heteroatoms. The van der Waals surface area contributed by atoms with Gasteiger partial charge in [-0.15, -0.1) is 0 Å². The van der Waals surface area contributed by atoms with E-state index >= 15 is 0 Å². The van der Waals surface area contributed by atoms with Gasteiger partial charge >= 0.3 is 0 Å². The van der Waals surface area contributed by atoms with Crippen LogP contribution in [0.1, 0.15) is 53.2 Å². The van der Waals surface area contributed by atoms with E-state index in [1.807, 2.05) is 41.3 Å². The molecule has 0 aliphatic rings. The van der Waals surface area contributed by atoms with E-state index in [0.717, 1.165) is 29.5 Å². The van der Waals surface area contributed by atoms with Gasteiger partial charge in [-0.05, 0) is 54.2 Å². The summed E-state index contributed by atoms with van der Waals surface area (Å²) in [5.74, 6) is 0.0812. The summed E-state index contributed by atoms with van der Waals surface area (Å²) in [5, 5.41) is 1.23. The number of unbranched alkanes of at least 4 members (excludes halogenated alkanes) is 2. The molecule has 4 rings (SSSR count). The second-order valence-corrected chi connectivity index (χ2v) is 8.83. The summed E-state index contributed by atoms with van der Waals surface area (Å²) in [5.41, 5.74) is 5.58. The normalized spacial score (nSPS) is 11.3. The van der Waals surface area contributed by atoms with Crippen LogP contribution in [0.25, 0.3) is 17.0 Å². The summed E-state index contributed by atoms with van der Waals surface area (Å²) in [7, 11) is 0. The maximum atomic E-state index is 13.5. The van der Waals surface area contributed by atoms with Crippen molar-refractivity contribution in [3.63, 3.8) is 0 Å². The number of carbonyl (C=O) groups is 1. The molecule has 0 spiro atoms. The molecule has 3 aromatic carbocycles. The molecule has 4 aromatic rings. The number of aromatic amines is 1. The zero-order valence-corrected chi connectivity index (χ0v) is 20.0. The number of amides is 1. The van der Waals surface area contributed by atoms with Crippen LogP contribution in [-0.2, 0) is 12.8 Å². The van der Waals surface area contributed by atoms with Crippen LogP contribution < -0.4 is 0 Å². The number of nitrogens with zero attached hydrogens (tertiary/aromatic N) is 1. The number of H-pyrrole nitrogens is 1. The SMILES string of the molecule is CCCCCc1ccc(C(=O)N(C/C=C/c2ccccc2)CCc2c[nH]c3ccccc23)cc1. The largest absolute Gasteiger partial charge is 0.361 e. The highest BCUT2D eigenvalue weighted by atomic mass is 16.2. The van der Waals surface area contributed by atoms with E-state index in [1.165, 1.54) is 35.8 Å². The summed E-state index contributed by atoms with van der Waals surface area (Å²) in [6.45, 7) is 3.46. The predicted molar refractivity (Wildman–Crippen MR) is 143 cm³/mol. The molecule has 0 bridgehead atoms. The van der Waals surface area contributed by atoms with Gasteiger partial charge in [0.15, 0.2) is 0 Å². The zero-order chi connectivity index (χ0) is 23.6. The number of para-hydroxylation sites is 1. The van der Waals surface area contributed by atoms with E-state index in [9.17, 15) is 4.79 Å². The van der Waals surface area contributed by atoms with Gasteiger partial charge < -0.3 is 9.88 Å². The molecule has 0 unspecified atom stereocenters. The first-order valence-corrected chi connectivity index (χ1v) is 12.4. The van der Waals surface area contributed by atoms with Crippen molar-refractivity contribution < 1.29 is 4.79 Å². The number of rotatable bonds is 11. The fourth-order valence-electron chi connectivity index (χ4n) is 4.33. The number of hydrogen-bond donors (Lipinski definition) is 1. The van der Waals surface area contributed by atoms with Crippen molar-refractivity contribution >= 4 is 22.9 Å². The van der Waals surface area contributed by atoms with Crippen LogP contribution in [0.5, 0.6) is 0 Å². The Morgan fingerprint density at radius 3 is 2.44 bits per heavy atom. The molecule has 0 saturated carbocycles. The lowest BCUT2D eigenvalue weighted by atomic mass is 10.0. The Balaban J connectivity index is 1.47. The Bertz CT molecular complexity index is 1210. The van der Waals surface area contributed by atoms with E-state index in [0.29, 0.717) is 13.1 Å². The molecule has 174 valence electrons. The number of hydrogen-bond acceptors (Lipinski definition) is 1. The Hall–Kier alpha value is -3.59. The van der Waals surface area contributed by atoms with Gasteiger partial charge in [0.2, 0.25) is 0 Å². The Morgan fingerprint density at radius 1 is 0.882 bits per heavy atom. The molecule has 0 fully saturated rings. The molecule has 1 heterocycles. The van der Waals surface area contributed by atoms with Gasteiger partial charge in [0.1, 0.15) is 0 Å². The van der Waals surface area contributed by atoms with Gasteiger partial charge in [0.05, 0.1) is 0 Å². The lowest BCUT2D eigenvalue weighted by Crippen LogP contribution is -2.33. The number of fused-ring (bicyclic) bond motifs is 1. The third kappa shape index (κ3) is 6.26. The third-order valence-electron chi connectivity index (χ3n) is 6.32. The van der Waals surface area contributed by atoms with Crippen LogP contribution in [0.3, 0.4) is 0 Å². The van der Waals surface area contributed by atoms with E-state index in [1.54, 1.807) is 0 Å². The highest BCUT2D eigenvalue weighted by Crippen LogP contribution is 2.19. The van der Waals surface area contributed by atoms with E-state index < -0.39 is 0 Å². The van der Waals surface area contributed by atoms with Gasteiger partial charge in [-0.3, -0.25) is 4.79 Å². The monoisotopic (exact) mass is 450 g/mol. The van der Waals surface area contributed by atoms with E-state index in [2.05, 4.69) is 72.7 Å². The minimum Gasteiger partial charge on any atom is -0.361 e. The van der Waals surface area contributed by atoms with Gasteiger partial charge in [-0.1, -0.05) is 92.6 Å².